The molecule has 2 aromatic carbocycles. The summed E-state index contributed by atoms with van der Waals surface area (Å²) in [6, 6.07) is 17.1. The molecule has 174 valence electrons. The molecule has 0 aliphatic carbocycles. The maximum atomic E-state index is 13.3. The van der Waals surface area contributed by atoms with E-state index in [1.807, 2.05) is 54.6 Å². The van der Waals surface area contributed by atoms with Crippen LogP contribution in [0, 0.1) is 12.3 Å². The topological polar surface area (TPSA) is 65.1 Å². The van der Waals surface area contributed by atoms with Crippen molar-refractivity contribution in [3.05, 3.63) is 65.7 Å². The minimum atomic E-state index is -1.26. The van der Waals surface area contributed by atoms with Gasteiger partial charge in [-0.15, -0.1) is 12.3 Å². The molecule has 2 atom stereocenters. The molecule has 6 nitrogen and oxygen atoms in total. The molecule has 0 bridgehead atoms. The Hall–Kier alpha value is -3.46. The highest BCUT2D eigenvalue weighted by Crippen LogP contribution is 2.46. The molecule has 1 amide bonds. The van der Waals surface area contributed by atoms with Crippen LogP contribution >= 0.6 is 0 Å². The van der Waals surface area contributed by atoms with E-state index >= 15 is 0 Å². The molecule has 0 radical (unpaired) electrons. The molecule has 6 heteroatoms. The number of benzene rings is 2. The van der Waals surface area contributed by atoms with Crippen LogP contribution in [0.15, 0.2) is 54.6 Å². The number of carbonyl (C=O) groups is 2. The summed E-state index contributed by atoms with van der Waals surface area (Å²) in [5.41, 5.74) is -0.0441. The Morgan fingerprint density at radius 3 is 2.36 bits per heavy atom. The summed E-state index contributed by atoms with van der Waals surface area (Å²) in [6.07, 6.45) is 6.01. The lowest BCUT2D eigenvalue weighted by atomic mass is 9.92. The Balaban J connectivity index is 1.87. The van der Waals surface area contributed by atoms with Crippen molar-refractivity contribution in [1.29, 1.82) is 0 Å². The van der Waals surface area contributed by atoms with Crippen LogP contribution in [0.1, 0.15) is 57.2 Å². The zero-order valence-electron chi connectivity index (χ0n) is 19.7. The molecule has 3 rings (SSSR count). The smallest absolute Gasteiger partial charge is 0.411 e. The number of hydrogen-bond acceptors (Lipinski definition) is 5. The van der Waals surface area contributed by atoms with Crippen LogP contribution in [0.4, 0.5) is 4.79 Å². The molecule has 1 fully saturated rings. The van der Waals surface area contributed by atoms with Crippen molar-refractivity contribution >= 4 is 12.1 Å². The highest BCUT2D eigenvalue weighted by atomic mass is 16.6. The summed E-state index contributed by atoms with van der Waals surface area (Å²) in [7, 11) is 1.31. The largest absolute Gasteiger partial charge is 0.489 e. The lowest BCUT2D eigenvalue weighted by Crippen LogP contribution is -2.55. The van der Waals surface area contributed by atoms with Gasteiger partial charge in [0, 0.05) is 6.42 Å². The third kappa shape index (κ3) is 5.48. The summed E-state index contributed by atoms with van der Waals surface area (Å²) in [6.45, 7) is 5.82. The summed E-state index contributed by atoms with van der Waals surface area (Å²) < 4.78 is 16.6. The number of likely N-dealkylation sites (tertiary alicyclic amines) is 1. The van der Waals surface area contributed by atoms with E-state index in [2.05, 4.69) is 5.92 Å². The summed E-state index contributed by atoms with van der Waals surface area (Å²) in [5.74, 6) is 2.74. The first kappa shape index (κ1) is 24.2. The molecule has 0 aromatic heterocycles. The Morgan fingerprint density at radius 1 is 1.12 bits per heavy atom. The molecule has 0 N–H and O–H groups in total. The molecule has 0 saturated carbocycles. The van der Waals surface area contributed by atoms with Crippen LogP contribution < -0.4 is 4.74 Å². The van der Waals surface area contributed by atoms with Gasteiger partial charge in [-0.1, -0.05) is 42.5 Å². The molecule has 33 heavy (non-hydrogen) atoms. The monoisotopic (exact) mass is 449 g/mol. The van der Waals surface area contributed by atoms with Gasteiger partial charge in [0.15, 0.2) is 5.54 Å². The normalized spacial score (nSPS) is 20.1. The van der Waals surface area contributed by atoms with Crippen molar-refractivity contribution in [1.82, 2.24) is 4.90 Å². The van der Waals surface area contributed by atoms with Gasteiger partial charge in [0.2, 0.25) is 0 Å². The van der Waals surface area contributed by atoms with E-state index in [0.29, 0.717) is 25.2 Å². The SMILES string of the molecule is C#CC[C@]1(C(=O)OC)CC[C@@H](c2ccc(OCc3ccccc3)cc2)N1C(=O)OC(C)(C)C. The van der Waals surface area contributed by atoms with Gasteiger partial charge in [-0.2, -0.15) is 0 Å². The van der Waals surface area contributed by atoms with E-state index in [9.17, 15) is 9.59 Å². The van der Waals surface area contributed by atoms with Crippen LogP contribution in [0.5, 0.6) is 5.75 Å². The molecule has 2 aromatic rings. The standard InChI is InChI=1S/C27H31NO5/c1-6-17-27(24(29)31-5)18-16-23(28(27)25(30)33-26(2,3)4)21-12-14-22(15-13-21)32-19-20-10-8-7-9-11-20/h1,7-15,23H,16-19H2,2-5H3/t23-,27+/m0/s1. The fourth-order valence-electron chi connectivity index (χ4n) is 4.18. The number of nitrogens with zero attached hydrogens (tertiary/aromatic N) is 1. The number of carbonyl (C=O) groups excluding carboxylic acids is 2. The zero-order valence-corrected chi connectivity index (χ0v) is 19.7. The maximum absolute atomic E-state index is 13.3. The third-order valence-corrected chi connectivity index (χ3v) is 5.67. The molecule has 1 aliphatic rings. The van der Waals surface area contributed by atoms with Crippen molar-refractivity contribution < 1.29 is 23.8 Å². The predicted molar refractivity (Wildman–Crippen MR) is 125 cm³/mol. The number of ether oxygens (including phenoxy) is 3. The van der Waals surface area contributed by atoms with Crippen LogP contribution in [-0.4, -0.2) is 35.2 Å². The minimum absolute atomic E-state index is 0.0493. The van der Waals surface area contributed by atoms with Crippen LogP contribution in [-0.2, 0) is 20.9 Å². The maximum Gasteiger partial charge on any atom is 0.411 e. The number of methoxy groups -OCH3 is 1. The molecule has 1 saturated heterocycles. The van der Waals surface area contributed by atoms with Gasteiger partial charge in [-0.3, -0.25) is 4.90 Å². The lowest BCUT2D eigenvalue weighted by molar-refractivity contribution is -0.153. The average Bonchev–Trinajstić information content (AvgIpc) is 3.18. The van der Waals surface area contributed by atoms with Crippen LogP contribution in [0.25, 0.3) is 0 Å². The summed E-state index contributed by atoms with van der Waals surface area (Å²) in [4.78, 5) is 27.6. The van der Waals surface area contributed by atoms with E-state index in [-0.39, 0.29) is 12.5 Å². The molecule has 1 aliphatic heterocycles. The van der Waals surface area contributed by atoms with Crippen LogP contribution in [0.3, 0.4) is 0 Å². The highest BCUT2D eigenvalue weighted by molar-refractivity contribution is 5.87. The predicted octanol–water partition coefficient (Wildman–Crippen LogP) is 5.27. The fourth-order valence-corrected chi connectivity index (χ4v) is 4.18. The van der Waals surface area contributed by atoms with Gasteiger partial charge in [0.25, 0.3) is 0 Å². The van der Waals surface area contributed by atoms with Crippen molar-refractivity contribution in [2.24, 2.45) is 0 Å². The first-order valence-corrected chi connectivity index (χ1v) is 11.0. The van der Waals surface area contributed by atoms with Crippen LogP contribution in [0.2, 0.25) is 0 Å². The lowest BCUT2D eigenvalue weighted by Gasteiger charge is -2.38. The number of esters is 1. The minimum Gasteiger partial charge on any atom is -0.489 e. The first-order valence-electron chi connectivity index (χ1n) is 11.0. The third-order valence-electron chi connectivity index (χ3n) is 5.67. The molecule has 1 heterocycles. The van der Waals surface area contributed by atoms with E-state index < -0.39 is 23.2 Å². The molecule has 0 spiro atoms. The van der Waals surface area contributed by atoms with Gasteiger partial charge in [0.05, 0.1) is 13.2 Å². The van der Waals surface area contributed by atoms with Gasteiger partial charge in [0.1, 0.15) is 18.0 Å². The molecule has 0 unspecified atom stereocenters. The molecular weight excluding hydrogens is 418 g/mol. The van der Waals surface area contributed by atoms with E-state index in [1.54, 1.807) is 20.8 Å². The zero-order chi connectivity index (χ0) is 24.1. The second kappa shape index (κ2) is 9.99. The van der Waals surface area contributed by atoms with Gasteiger partial charge in [-0.25, -0.2) is 9.59 Å². The average molecular weight is 450 g/mol. The number of amides is 1. The van der Waals surface area contributed by atoms with E-state index in [0.717, 1.165) is 11.1 Å². The van der Waals surface area contributed by atoms with Gasteiger partial charge < -0.3 is 14.2 Å². The van der Waals surface area contributed by atoms with Gasteiger partial charge >= 0.3 is 12.1 Å². The number of hydrogen-bond donors (Lipinski definition) is 0. The van der Waals surface area contributed by atoms with E-state index in [1.165, 1.54) is 12.0 Å². The summed E-state index contributed by atoms with van der Waals surface area (Å²) in [5, 5.41) is 0. The Kier molecular flexibility index (Phi) is 7.33. The van der Waals surface area contributed by atoms with Crippen molar-refractivity contribution in [2.45, 2.75) is 63.8 Å². The quantitative estimate of drug-likeness (QED) is 0.444. The highest BCUT2D eigenvalue weighted by Gasteiger charge is 2.56. The fraction of sp³-hybridized carbons (Fsp3) is 0.407. The van der Waals surface area contributed by atoms with Crippen molar-refractivity contribution in [3.63, 3.8) is 0 Å². The second-order valence-corrected chi connectivity index (χ2v) is 9.15. The second-order valence-electron chi connectivity index (χ2n) is 9.15. The number of terminal acetylenes is 1. The van der Waals surface area contributed by atoms with Gasteiger partial charge in [-0.05, 0) is 56.9 Å². The Morgan fingerprint density at radius 2 is 1.79 bits per heavy atom. The van der Waals surface area contributed by atoms with Crippen molar-refractivity contribution in [2.75, 3.05) is 7.11 Å². The first-order chi connectivity index (χ1) is 15.7. The van der Waals surface area contributed by atoms with Crippen molar-refractivity contribution in [3.8, 4) is 18.1 Å². The molecular formula is C27H31NO5. The van der Waals surface area contributed by atoms with E-state index in [4.69, 9.17) is 20.6 Å². The number of rotatable bonds is 6. The Labute approximate surface area is 195 Å². The Bertz CT molecular complexity index is 1000. The summed E-state index contributed by atoms with van der Waals surface area (Å²) >= 11 is 0.